The molecule has 0 heterocycles. The Bertz CT molecular complexity index is 476. The Morgan fingerprint density at radius 2 is 1.41 bits per heavy atom. The summed E-state index contributed by atoms with van der Waals surface area (Å²) >= 11 is 0. The molecule has 0 radical (unpaired) electrons. The third kappa shape index (κ3) is 2.95. The molecule has 2 rings (SSSR count). The summed E-state index contributed by atoms with van der Waals surface area (Å²) in [5.41, 5.74) is 0.516. The number of amides is 1. The molecule has 3 nitrogen and oxygen atoms in total. The van der Waals surface area contributed by atoms with Crippen molar-refractivity contribution < 1.29 is 9.26 Å². The van der Waals surface area contributed by atoms with Crippen molar-refractivity contribution in [1.29, 1.82) is 0 Å². The van der Waals surface area contributed by atoms with Gasteiger partial charge < -0.3 is 9.44 Å². The van der Waals surface area contributed by atoms with E-state index in [-0.39, 0.29) is 5.91 Å². The van der Waals surface area contributed by atoms with Crippen LogP contribution in [0.5, 0.6) is 0 Å². The lowest BCUT2D eigenvalue weighted by molar-refractivity contribution is 0.0978. The second kappa shape index (κ2) is 5.31. The van der Waals surface area contributed by atoms with Crippen molar-refractivity contribution in [3.05, 3.63) is 66.2 Å². The molecule has 0 aliphatic rings. The van der Waals surface area contributed by atoms with Crippen molar-refractivity contribution in [3.8, 4) is 0 Å². The zero-order valence-electron chi connectivity index (χ0n) is 9.09. The Hall–Kier alpha value is -2.07. The number of nitrogens with one attached hydrogen (secondary N) is 1. The van der Waals surface area contributed by atoms with Crippen LogP contribution in [0.15, 0.2) is 60.7 Å². The van der Waals surface area contributed by atoms with Crippen LogP contribution in [0.25, 0.3) is 0 Å². The lowest BCUT2D eigenvalue weighted by atomic mass is 10.2. The van der Waals surface area contributed by atoms with E-state index >= 15 is 0 Å². The molecule has 0 saturated carbocycles. The predicted molar refractivity (Wildman–Crippen MR) is 66.4 cm³/mol. The van der Waals surface area contributed by atoms with Gasteiger partial charge in [0.2, 0.25) is 5.91 Å². The topological polar surface area (TPSA) is 46.2 Å². The van der Waals surface area contributed by atoms with Crippen LogP contribution in [0.2, 0.25) is 0 Å². The number of hydrogen-bond donors (Lipinski definition) is 1. The van der Waals surface area contributed by atoms with E-state index in [9.17, 15) is 9.26 Å². The quantitative estimate of drug-likeness (QED) is 0.822. The zero-order chi connectivity index (χ0) is 12.1. The molecule has 0 spiro atoms. The molecular weight excluding hydrogens is 230 g/mol. The monoisotopic (exact) mass is 241 g/mol. The minimum absolute atomic E-state index is 0.307. The lowest BCUT2D eigenvalue weighted by Gasteiger charge is -2.02. The minimum Gasteiger partial charge on any atom is -0.353 e. The second-order valence-electron chi connectivity index (χ2n) is 3.52. The third-order valence-corrected chi connectivity index (χ3v) is 3.61. The number of rotatable bonds is 3. The number of hydrogen-bond acceptors (Lipinski definition) is 2. The first-order valence-corrected chi connectivity index (χ1v) is 6.64. The molecule has 4 heteroatoms. The molecule has 2 aromatic rings. The highest BCUT2D eigenvalue weighted by molar-refractivity contribution is 6.60. The first-order valence-electron chi connectivity index (χ1n) is 5.23. The van der Waals surface area contributed by atoms with E-state index in [1.54, 1.807) is 48.5 Å². The molecular formula is C13H11NO2Si. The van der Waals surface area contributed by atoms with Crippen molar-refractivity contribution in [2.45, 2.75) is 0 Å². The van der Waals surface area contributed by atoms with E-state index in [1.165, 1.54) is 0 Å². The molecule has 0 aliphatic heterocycles. The molecule has 17 heavy (non-hydrogen) atoms. The molecule has 0 saturated heterocycles. The summed E-state index contributed by atoms with van der Waals surface area (Å²) in [6, 6.07) is 17.7. The Labute approximate surface area is 101 Å². The SMILES string of the molecule is O=C(N[Si](=O)c1ccccc1)c1ccccc1. The maximum Gasteiger partial charge on any atom is 0.435 e. The standard InChI is InChI=1S/C13H11NO2Si/c15-13(11-7-3-1-4-8-11)14-17(16)12-9-5-2-6-10-12/h1-10H,(H,14,15). The summed E-state index contributed by atoms with van der Waals surface area (Å²) in [6.45, 7) is 0. The molecule has 1 N–H and O–H groups in total. The van der Waals surface area contributed by atoms with Gasteiger partial charge in [0.15, 0.2) is 0 Å². The molecule has 0 unspecified atom stereocenters. The summed E-state index contributed by atoms with van der Waals surface area (Å²) in [5, 5.41) is 0.654. The highest BCUT2D eigenvalue weighted by atomic mass is 28.3. The van der Waals surface area contributed by atoms with Gasteiger partial charge in [0.05, 0.1) is 0 Å². The molecule has 0 aromatic heterocycles. The molecule has 84 valence electrons. The average molecular weight is 241 g/mol. The van der Waals surface area contributed by atoms with E-state index in [1.807, 2.05) is 12.1 Å². The van der Waals surface area contributed by atoms with Crippen molar-refractivity contribution in [2.75, 3.05) is 0 Å². The van der Waals surface area contributed by atoms with Crippen LogP contribution in [0.1, 0.15) is 10.4 Å². The van der Waals surface area contributed by atoms with Crippen LogP contribution >= 0.6 is 0 Å². The zero-order valence-corrected chi connectivity index (χ0v) is 10.1. The maximum absolute atomic E-state index is 11.9. The van der Waals surface area contributed by atoms with E-state index in [0.29, 0.717) is 10.8 Å². The fraction of sp³-hybridized carbons (Fsp3) is 0. The second-order valence-corrected chi connectivity index (χ2v) is 5.00. The highest BCUT2D eigenvalue weighted by Gasteiger charge is 2.13. The third-order valence-electron chi connectivity index (χ3n) is 2.30. The van der Waals surface area contributed by atoms with Gasteiger partial charge in [0, 0.05) is 10.8 Å². The van der Waals surface area contributed by atoms with E-state index in [2.05, 4.69) is 4.98 Å². The molecule has 0 fully saturated rings. The van der Waals surface area contributed by atoms with Gasteiger partial charge in [-0.05, 0) is 12.1 Å². The minimum atomic E-state index is -2.26. The highest BCUT2D eigenvalue weighted by Crippen LogP contribution is 1.97. The summed E-state index contributed by atoms with van der Waals surface area (Å²) in [7, 11) is -2.26. The molecule has 2 aromatic carbocycles. The van der Waals surface area contributed by atoms with Gasteiger partial charge >= 0.3 is 8.84 Å². The number of carbonyl (C=O) groups is 1. The van der Waals surface area contributed by atoms with Crippen LogP contribution in [-0.4, -0.2) is 14.8 Å². The fourth-order valence-corrected chi connectivity index (χ4v) is 2.42. The van der Waals surface area contributed by atoms with E-state index in [0.717, 1.165) is 0 Å². The van der Waals surface area contributed by atoms with Gasteiger partial charge in [0.25, 0.3) is 0 Å². The summed E-state index contributed by atoms with van der Waals surface area (Å²) in [4.78, 5) is 14.3. The predicted octanol–water partition coefficient (Wildman–Crippen LogP) is 1.24. The van der Waals surface area contributed by atoms with Gasteiger partial charge in [-0.3, -0.25) is 4.79 Å². The van der Waals surface area contributed by atoms with Crippen LogP contribution in [-0.2, 0) is 4.46 Å². The smallest absolute Gasteiger partial charge is 0.353 e. The van der Waals surface area contributed by atoms with Crippen molar-refractivity contribution in [3.63, 3.8) is 0 Å². The van der Waals surface area contributed by atoms with Gasteiger partial charge in [-0.15, -0.1) is 0 Å². The number of benzene rings is 2. The molecule has 0 bridgehead atoms. The average Bonchev–Trinajstić information content (AvgIpc) is 2.40. The van der Waals surface area contributed by atoms with Crippen molar-refractivity contribution >= 4 is 19.9 Å². The first kappa shape index (κ1) is 11.4. The normalized spacial score (nSPS) is 9.65. The Morgan fingerprint density at radius 1 is 0.882 bits per heavy atom. The Balaban J connectivity index is 2.08. The van der Waals surface area contributed by atoms with Gasteiger partial charge in [-0.1, -0.05) is 48.5 Å². The molecule has 0 atom stereocenters. The van der Waals surface area contributed by atoms with Crippen LogP contribution in [0.3, 0.4) is 0 Å². The van der Waals surface area contributed by atoms with Gasteiger partial charge in [0.1, 0.15) is 0 Å². The first-order chi connectivity index (χ1) is 8.27. The number of carbonyl (C=O) groups excluding carboxylic acids is 1. The lowest BCUT2D eigenvalue weighted by Crippen LogP contribution is -2.40. The Kier molecular flexibility index (Phi) is 3.57. The molecule has 0 aliphatic carbocycles. The van der Waals surface area contributed by atoms with Gasteiger partial charge in [-0.2, -0.15) is 0 Å². The summed E-state index contributed by atoms with van der Waals surface area (Å²) in [5.74, 6) is -0.307. The summed E-state index contributed by atoms with van der Waals surface area (Å²) in [6.07, 6.45) is 0. The molecule has 1 amide bonds. The largest absolute Gasteiger partial charge is 0.435 e. The van der Waals surface area contributed by atoms with E-state index < -0.39 is 8.84 Å². The summed E-state index contributed by atoms with van der Waals surface area (Å²) < 4.78 is 11.9. The van der Waals surface area contributed by atoms with Crippen molar-refractivity contribution in [2.24, 2.45) is 0 Å². The van der Waals surface area contributed by atoms with Crippen LogP contribution in [0, 0.1) is 0 Å². The van der Waals surface area contributed by atoms with Crippen molar-refractivity contribution in [1.82, 2.24) is 4.98 Å². The van der Waals surface area contributed by atoms with Crippen LogP contribution in [0.4, 0.5) is 0 Å². The maximum atomic E-state index is 11.9. The fourth-order valence-electron chi connectivity index (χ4n) is 1.43. The van der Waals surface area contributed by atoms with E-state index in [4.69, 9.17) is 0 Å². The Morgan fingerprint density at radius 3 is 2.00 bits per heavy atom. The van der Waals surface area contributed by atoms with Crippen LogP contribution < -0.4 is 10.2 Å². The van der Waals surface area contributed by atoms with Gasteiger partial charge in [-0.25, -0.2) is 0 Å².